The number of carbonyl (C=O) groups excluding carboxylic acids is 1. The van der Waals surface area contributed by atoms with Gasteiger partial charge >= 0.3 is 5.97 Å². The second-order valence-electron chi connectivity index (χ2n) is 6.10. The zero-order valence-corrected chi connectivity index (χ0v) is 9.11. The maximum atomic E-state index is 11.8. The Kier molecular flexibility index (Phi) is 1.83. The van der Waals surface area contributed by atoms with Gasteiger partial charge < -0.3 is 10.2 Å². The molecule has 4 heteroatoms. The predicted octanol–water partition coefficient (Wildman–Crippen LogP) is 0.971. The summed E-state index contributed by atoms with van der Waals surface area (Å²) in [7, 11) is 0. The van der Waals surface area contributed by atoms with Crippen molar-refractivity contribution in [2.75, 3.05) is 0 Å². The van der Waals surface area contributed by atoms with E-state index in [4.69, 9.17) is 5.11 Å². The van der Waals surface area contributed by atoms with Crippen LogP contribution < -0.4 is 0 Å². The fourth-order valence-corrected chi connectivity index (χ4v) is 4.71. The lowest BCUT2D eigenvalue weighted by Gasteiger charge is -2.58. The summed E-state index contributed by atoms with van der Waals surface area (Å²) in [5.74, 6) is -1.28. The van der Waals surface area contributed by atoms with Crippen LogP contribution >= 0.6 is 0 Å². The highest BCUT2D eigenvalue weighted by atomic mass is 16.4. The Bertz CT molecular complexity index is 359. The number of carbonyl (C=O) groups is 2. The number of aliphatic carboxylic acids is 1. The van der Waals surface area contributed by atoms with Crippen molar-refractivity contribution in [2.24, 2.45) is 17.3 Å². The maximum Gasteiger partial charge on any atom is 0.372 e. The van der Waals surface area contributed by atoms with Gasteiger partial charge in [0.15, 0.2) is 0 Å². The standard InChI is InChI=1S/C12H16O4/c13-9(10(14)15)11-2-7-1-8(3-11)5-12(16,4-7)6-11/h7-8,16H,1-6H2,(H,14,15)/t7-,8-,11?,12?/m1/s1. The van der Waals surface area contributed by atoms with Crippen LogP contribution in [0.2, 0.25) is 0 Å². The van der Waals surface area contributed by atoms with Gasteiger partial charge in [-0.2, -0.15) is 0 Å². The Morgan fingerprint density at radius 2 is 1.62 bits per heavy atom. The fourth-order valence-electron chi connectivity index (χ4n) is 4.71. The van der Waals surface area contributed by atoms with E-state index < -0.39 is 22.8 Å². The minimum atomic E-state index is -1.33. The van der Waals surface area contributed by atoms with Gasteiger partial charge in [0.1, 0.15) is 0 Å². The number of aliphatic hydroxyl groups is 1. The van der Waals surface area contributed by atoms with Gasteiger partial charge in [0, 0.05) is 5.41 Å². The van der Waals surface area contributed by atoms with Gasteiger partial charge in [-0.25, -0.2) is 4.79 Å². The molecule has 4 aliphatic carbocycles. The van der Waals surface area contributed by atoms with Crippen molar-refractivity contribution in [3.63, 3.8) is 0 Å². The molecule has 4 aliphatic rings. The molecule has 0 amide bonds. The molecule has 0 aromatic rings. The van der Waals surface area contributed by atoms with Crippen LogP contribution in [0, 0.1) is 17.3 Å². The van der Waals surface area contributed by atoms with E-state index in [1.807, 2.05) is 0 Å². The van der Waals surface area contributed by atoms with Gasteiger partial charge in [-0.1, -0.05) is 0 Å². The number of Topliss-reactive ketones (excluding diaryl/α,β-unsaturated/α-hetero) is 1. The van der Waals surface area contributed by atoms with Gasteiger partial charge in [-0.05, 0) is 50.4 Å². The monoisotopic (exact) mass is 224 g/mol. The van der Waals surface area contributed by atoms with E-state index in [-0.39, 0.29) is 0 Å². The van der Waals surface area contributed by atoms with Crippen molar-refractivity contribution in [1.29, 1.82) is 0 Å². The van der Waals surface area contributed by atoms with E-state index in [0.29, 0.717) is 31.1 Å². The summed E-state index contributed by atoms with van der Waals surface area (Å²) in [5.41, 5.74) is -1.50. The van der Waals surface area contributed by atoms with E-state index in [0.717, 1.165) is 19.3 Å². The molecular weight excluding hydrogens is 208 g/mol. The lowest BCUT2D eigenvalue weighted by molar-refractivity contribution is -0.182. The SMILES string of the molecule is O=C(O)C(=O)C12C[C@H]3C[C@@H](CC(O)(C3)C1)C2. The Balaban J connectivity index is 1.98. The van der Waals surface area contributed by atoms with Crippen LogP contribution in [0.25, 0.3) is 0 Å². The average molecular weight is 224 g/mol. The summed E-state index contributed by atoms with van der Waals surface area (Å²) in [6, 6.07) is 0. The molecule has 4 fully saturated rings. The minimum absolute atomic E-state index is 0.356. The molecule has 4 nitrogen and oxygen atoms in total. The highest BCUT2D eigenvalue weighted by Gasteiger charge is 2.61. The number of carboxylic acids is 1. The lowest BCUT2D eigenvalue weighted by Crippen LogP contribution is -2.59. The first-order valence-corrected chi connectivity index (χ1v) is 5.93. The van der Waals surface area contributed by atoms with E-state index in [1.165, 1.54) is 0 Å². The van der Waals surface area contributed by atoms with Gasteiger partial charge in [0.05, 0.1) is 5.60 Å². The first kappa shape index (κ1) is 10.3. The normalized spacial score (nSPS) is 49.3. The van der Waals surface area contributed by atoms with Crippen LogP contribution in [0.4, 0.5) is 0 Å². The first-order valence-electron chi connectivity index (χ1n) is 5.93. The maximum absolute atomic E-state index is 11.8. The molecule has 4 bridgehead atoms. The van der Waals surface area contributed by atoms with Crippen molar-refractivity contribution >= 4 is 11.8 Å². The average Bonchev–Trinajstić information content (AvgIpc) is 2.12. The Morgan fingerprint density at radius 3 is 2.06 bits per heavy atom. The Hall–Kier alpha value is -0.900. The second-order valence-corrected chi connectivity index (χ2v) is 6.10. The molecule has 2 atom stereocenters. The van der Waals surface area contributed by atoms with Crippen LogP contribution in [-0.4, -0.2) is 27.6 Å². The van der Waals surface area contributed by atoms with Crippen molar-refractivity contribution in [3.8, 4) is 0 Å². The molecule has 0 aromatic carbocycles. The molecular formula is C12H16O4. The predicted molar refractivity (Wildman–Crippen MR) is 54.7 cm³/mol. The van der Waals surface area contributed by atoms with Crippen LogP contribution in [0.15, 0.2) is 0 Å². The summed E-state index contributed by atoms with van der Waals surface area (Å²) >= 11 is 0. The summed E-state index contributed by atoms with van der Waals surface area (Å²) in [6.07, 6.45) is 4.32. The lowest BCUT2D eigenvalue weighted by atomic mass is 9.47. The number of ketones is 1. The molecule has 0 radical (unpaired) electrons. The summed E-state index contributed by atoms with van der Waals surface area (Å²) in [4.78, 5) is 22.7. The molecule has 4 saturated carbocycles. The van der Waals surface area contributed by atoms with E-state index in [9.17, 15) is 14.7 Å². The Morgan fingerprint density at radius 1 is 1.06 bits per heavy atom. The fraction of sp³-hybridized carbons (Fsp3) is 0.833. The molecule has 4 rings (SSSR count). The zero-order valence-electron chi connectivity index (χ0n) is 9.11. The molecule has 0 saturated heterocycles. The molecule has 2 N–H and O–H groups in total. The zero-order chi connectivity index (χ0) is 11.6. The van der Waals surface area contributed by atoms with Crippen LogP contribution in [0.3, 0.4) is 0 Å². The van der Waals surface area contributed by atoms with Crippen LogP contribution in [0.1, 0.15) is 38.5 Å². The number of hydrogen-bond donors (Lipinski definition) is 2. The molecule has 0 unspecified atom stereocenters. The van der Waals surface area contributed by atoms with Crippen molar-refractivity contribution in [2.45, 2.75) is 44.1 Å². The minimum Gasteiger partial charge on any atom is -0.475 e. The molecule has 88 valence electrons. The molecule has 0 aliphatic heterocycles. The highest BCUT2D eigenvalue weighted by molar-refractivity contribution is 6.35. The number of carboxylic acid groups (broad SMARTS) is 1. The van der Waals surface area contributed by atoms with Crippen molar-refractivity contribution in [1.82, 2.24) is 0 Å². The van der Waals surface area contributed by atoms with Gasteiger partial charge in [-0.3, -0.25) is 4.79 Å². The third kappa shape index (κ3) is 1.25. The van der Waals surface area contributed by atoms with E-state index in [2.05, 4.69) is 0 Å². The van der Waals surface area contributed by atoms with Crippen molar-refractivity contribution < 1.29 is 19.8 Å². The number of hydrogen-bond acceptors (Lipinski definition) is 3. The summed E-state index contributed by atoms with van der Waals surface area (Å²) in [6.45, 7) is 0. The topological polar surface area (TPSA) is 74.6 Å². The van der Waals surface area contributed by atoms with E-state index >= 15 is 0 Å². The van der Waals surface area contributed by atoms with E-state index in [1.54, 1.807) is 0 Å². The van der Waals surface area contributed by atoms with Gasteiger partial charge in [0.2, 0.25) is 5.78 Å². The second kappa shape index (κ2) is 2.86. The number of rotatable bonds is 2. The largest absolute Gasteiger partial charge is 0.475 e. The first-order chi connectivity index (χ1) is 7.42. The molecule has 0 spiro atoms. The van der Waals surface area contributed by atoms with Crippen LogP contribution in [0.5, 0.6) is 0 Å². The summed E-state index contributed by atoms with van der Waals surface area (Å²) < 4.78 is 0. The highest BCUT2D eigenvalue weighted by Crippen LogP contribution is 2.61. The third-order valence-corrected chi connectivity index (χ3v) is 4.71. The molecule has 0 aromatic heterocycles. The molecule has 16 heavy (non-hydrogen) atoms. The van der Waals surface area contributed by atoms with Crippen molar-refractivity contribution in [3.05, 3.63) is 0 Å². The van der Waals surface area contributed by atoms with Gasteiger partial charge in [-0.15, -0.1) is 0 Å². The Labute approximate surface area is 93.6 Å². The summed E-state index contributed by atoms with van der Waals surface area (Å²) in [5, 5.41) is 19.2. The smallest absolute Gasteiger partial charge is 0.372 e. The quantitative estimate of drug-likeness (QED) is 0.685. The van der Waals surface area contributed by atoms with Gasteiger partial charge in [0.25, 0.3) is 0 Å². The van der Waals surface area contributed by atoms with Crippen LogP contribution in [-0.2, 0) is 9.59 Å². The third-order valence-electron chi connectivity index (χ3n) is 4.71. The molecule has 0 heterocycles.